The molecular formula is C23H30N6O2. The van der Waals surface area contributed by atoms with Crippen LogP contribution in [0.25, 0.3) is 5.65 Å². The highest BCUT2D eigenvalue weighted by Crippen LogP contribution is 2.25. The van der Waals surface area contributed by atoms with E-state index < -0.39 is 6.03 Å². The van der Waals surface area contributed by atoms with Gasteiger partial charge in [0.2, 0.25) is 5.91 Å². The molecule has 0 fully saturated rings. The van der Waals surface area contributed by atoms with Crippen LogP contribution in [-0.2, 0) is 11.3 Å². The van der Waals surface area contributed by atoms with Gasteiger partial charge in [-0.3, -0.25) is 4.79 Å². The van der Waals surface area contributed by atoms with Gasteiger partial charge in [-0.2, -0.15) is 0 Å². The van der Waals surface area contributed by atoms with Crippen LogP contribution < -0.4 is 16.0 Å². The van der Waals surface area contributed by atoms with Gasteiger partial charge in [-0.15, -0.1) is 0 Å². The summed E-state index contributed by atoms with van der Waals surface area (Å²) in [6.45, 7) is 8.73. The van der Waals surface area contributed by atoms with Crippen molar-refractivity contribution in [1.82, 2.24) is 19.6 Å². The third-order valence-corrected chi connectivity index (χ3v) is 5.45. The molecule has 2 heterocycles. The van der Waals surface area contributed by atoms with E-state index in [-0.39, 0.29) is 12.5 Å². The molecular weight excluding hydrogens is 392 g/mol. The quantitative estimate of drug-likeness (QED) is 0.568. The first-order chi connectivity index (χ1) is 14.7. The minimum atomic E-state index is -0.440. The van der Waals surface area contributed by atoms with Crippen LogP contribution in [0.2, 0.25) is 0 Å². The normalized spacial score (nSPS) is 10.8. The fourth-order valence-electron chi connectivity index (χ4n) is 3.37. The number of anilines is 2. The fraction of sp³-hybridized carbons (Fsp3) is 0.348. The number of hydrogen-bond acceptors (Lipinski definition) is 4. The molecule has 0 bridgehead atoms. The van der Waals surface area contributed by atoms with E-state index in [1.807, 2.05) is 30.5 Å². The van der Waals surface area contributed by atoms with E-state index in [0.717, 1.165) is 22.7 Å². The van der Waals surface area contributed by atoms with Crippen molar-refractivity contribution >= 4 is 29.0 Å². The van der Waals surface area contributed by atoms with Crippen LogP contribution in [0.1, 0.15) is 28.1 Å². The number of aromatic nitrogens is 2. The zero-order valence-corrected chi connectivity index (χ0v) is 19.0. The Labute approximate surface area is 182 Å². The number of carbonyl (C=O) groups is 2. The number of benzene rings is 1. The average molecular weight is 423 g/mol. The molecule has 1 aromatic carbocycles. The Bertz CT molecular complexity index is 1110. The smallest absolute Gasteiger partial charge is 0.319 e. The van der Waals surface area contributed by atoms with Crippen molar-refractivity contribution in [1.29, 1.82) is 0 Å². The molecule has 2 aromatic heterocycles. The van der Waals surface area contributed by atoms with E-state index in [0.29, 0.717) is 12.2 Å². The van der Waals surface area contributed by atoms with Crippen LogP contribution in [0.15, 0.2) is 30.5 Å². The van der Waals surface area contributed by atoms with Gasteiger partial charge in [0, 0.05) is 32.5 Å². The molecule has 0 unspecified atom stereocenters. The number of aryl methyl sites for hydroxylation is 4. The summed E-state index contributed by atoms with van der Waals surface area (Å²) in [5, 5.41) is 8.89. The minimum absolute atomic E-state index is 0.0675. The predicted octanol–water partition coefficient (Wildman–Crippen LogP) is 3.39. The van der Waals surface area contributed by atoms with Crippen molar-refractivity contribution < 1.29 is 9.59 Å². The third-order valence-electron chi connectivity index (χ3n) is 5.45. The molecule has 0 aliphatic carbocycles. The van der Waals surface area contributed by atoms with Crippen LogP contribution in [-0.4, -0.2) is 46.9 Å². The number of amides is 3. The zero-order valence-electron chi connectivity index (χ0n) is 19.0. The van der Waals surface area contributed by atoms with Crippen molar-refractivity contribution in [2.45, 2.75) is 34.2 Å². The molecule has 0 aliphatic heterocycles. The number of pyridine rings is 1. The number of nitrogens with zero attached hydrogens (tertiary/aromatic N) is 3. The topological polar surface area (TPSA) is 90.8 Å². The largest absolute Gasteiger partial charge is 0.378 e. The Morgan fingerprint density at radius 2 is 1.77 bits per heavy atom. The number of urea groups is 1. The predicted molar refractivity (Wildman–Crippen MR) is 124 cm³/mol. The molecule has 0 radical (unpaired) electrons. The molecule has 0 saturated carbocycles. The SMILES string of the molecule is Cc1cccc(C)c1CNc1cc(NC(=O)NCC(=O)N(C)C)cn2c(C)c(C)nc12. The maximum atomic E-state index is 12.3. The number of rotatable bonds is 6. The molecule has 0 saturated heterocycles. The molecule has 3 rings (SSSR count). The van der Waals surface area contributed by atoms with Crippen LogP contribution in [0.3, 0.4) is 0 Å². The summed E-state index contributed by atoms with van der Waals surface area (Å²) in [5.74, 6) is -0.178. The number of imidazole rings is 1. The lowest BCUT2D eigenvalue weighted by molar-refractivity contribution is -0.127. The Morgan fingerprint density at radius 3 is 2.42 bits per heavy atom. The molecule has 8 nitrogen and oxygen atoms in total. The highest BCUT2D eigenvalue weighted by Gasteiger charge is 2.14. The van der Waals surface area contributed by atoms with Crippen molar-refractivity contribution in [3.63, 3.8) is 0 Å². The highest BCUT2D eigenvalue weighted by atomic mass is 16.2. The van der Waals surface area contributed by atoms with Gasteiger partial charge in [-0.05, 0) is 50.5 Å². The minimum Gasteiger partial charge on any atom is -0.378 e. The van der Waals surface area contributed by atoms with E-state index >= 15 is 0 Å². The lowest BCUT2D eigenvalue weighted by atomic mass is 10.0. The standard InChI is InChI=1S/C23H30N6O2/c1-14-8-7-9-15(2)19(14)11-24-20-10-18(13-29-17(4)16(3)26-22(20)29)27-23(31)25-12-21(30)28(5)6/h7-10,13,24H,11-12H2,1-6H3,(H2,25,27,31). The Hall–Kier alpha value is -3.55. The molecule has 8 heteroatoms. The molecule has 3 amide bonds. The van der Waals surface area contributed by atoms with Gasteiger partial charge in [-0.25, -0.2) is 9.78 Å². The second-order valence-corrected chi connectivity index (χ2v) is 7.94. The number of carbonyl (C=O) groups excluding carboxylic acids is 2. The summed E-state index contributed by atoms with van der Waals surface area (Å²) in [4.78, 5) is 30.1. The summed E-state index contributed by atoms with van der Waals surface area (Å²) in [6, 6.07) is 7.67. The summed E-state index contributed by atoms with van der Waals surface area (Å²) < 4.78 is 1.96. The first-order valence-electron chi connectivity index (χ1n) is 10.2. The number of fused-ring (bicyclic) bond motifs is 1. The second kappa shape index (κ2) is 9.07. The van der Waals surface area contributed by atoms with Gasteiger partial charge in [0.25, 0.3) is 0 Å². The lowest BCUT2D eigenvalue weighted by Gasteiger charge is -2.15. The number of nitrogens with one attached hydrogen (secondary N) is 3. The molecule has 3 N–H and O–H groups in total. The van der Waals surface area contributed by atoms with Gasteiger partial charge < -0.3 is 25.3 Å². The molecule has 31 heavy (non-hydrogen) atoms. The number of likely N-dealkylation sites (N-methyl/N-ethyl adjacent to an activating group) is 1. The summed E-state index contributed by atoms with van der Waals surface area (Å²) >= 11 is 0. The first-order valence-corrected chi connectivity index (χ1v) is 10.2. The second-order valence-electron chi connectivity index (χ2n) is 7.94. The van der Waals surface area contributed by atoms with Crippen molar-refractivity contribution in [3.8, 4) is 0 Å². The maximum Gasteiger partial charge on any atom is 0.319 e. The first kappa shape index (κ1) is 22.1. The van der Waals surface area contributed by atoms with E-state index in [9.17, 15) is 9.59 Å². The Kier molecular flexibility index (Phi) is 6.48. The third kappa shape index (κ3) is 4.96. The van der Waals surface area contributed by atoms with E-state index in [2.05, 4.69) is 48.0 Å². The van der Waals surface area contributed by atoms with Gasteiger partial charge in [0.1, 0.15) is 0 Å². The van der Waals surface area contributed by atoms with Crippen molar-refractivity contribution in [2.75, 3.05) is 31.3 Å². The average Bonchev–Trinajstić information content (AvgIpc) is 3.00. The van der Waals surface area contributed by atoms with Gasteiger partial charge in [0.15, 0.2) is 5.65 Å². The van der Waals surface area contributed by atoms with Crippen LogP contribution in [0.4, 0.5) is 16.2 Å². The summed E-state index contributed by atoms with van der Waals surface area (Å²) in [6.07, 6.45) is 1.84. The van der Waals surface area contributed by atoms with Gasteiger partial charge in [0.05, 0.1) is 23.6 Å². The van der Waals surface area contributed by atoms with Crippen molar-refractivity contribution in [2.24, 2.45) is 0 Å². The molecule has 3 aromatic rings. The zero-order chi connectivity index (χ0) is 22.7. The lowest BCUT2D eigenvalue weighted by Crippen LogP contribution is -2.38. The van der Waals surface area contributed by atoms with Crippen molar-refractivity contribution in [3.05, 3.63) is 58.5 Å². The monoisotopic (exact) mass is 422 g/mol. The molecule has 0 spiro atoms. The van der Waals surface area contributed by atoms with E-state index in [4.69, 9.17) is 4.98 Å². The molecule has 164 valence electrons. The van der Waals surface area contributed by atoms with Crippen LogP contribution in [0.5, 0.6) is 0 Å². The molecule has 0 atom stereocenters. The van der Waals surface area contributed by atoms with Gasteiger partial charge >= 0.3 is 6.03 Å². The summed E-state index contributed by atoms with van der Waals surface area (Å²) in [5.41, 5.74) is 7.82. The van der Waals surface area contributed by atoms with E-state index in [1.54, 1.807) is 14.1 Å². The van der Waals surface area contributed by atoms with Crippen LogP contribution >= 0.6 is 0 Å². The maximum absolute atomic E-state index is 12.3. The number of hydrogen-bond donors (Lipinski definition) is 3. The highest BCUT2D eigenvalue weighted by molar-refractivity contribution is 5.93. The fourth-order valence-corrected chi connectivity index (χ4v) is 3.37. The van der Waals surface area contributed by atoms with E-state index in [1.165, 1.54) is 21.6 Å². The Morgan fingerprint density at radius 1 is 1.10 bits per heavy atom. The Balaban J connectivity index is 1.86. The van der Waals surface area contributed by atoms with Gasteiger partial charge in [-0.1, -0.05) is 18.2 Å². The van der Waals surface area contributed by atoms with Crippen LogP contribution in [0, 0.1) is 27.7 Å². The summed E-state index contributed by atoms with van der Waals surface area (Å²) in [7, 11) is 3.29. The molecule has 0 aliphatic rings.